The van der Waals surface area contributed by atoms with Gasteiger partial charge in [0.15, 0.2) is 9.84 Å². The summed E-state index contributed by atoms with van der Waals surface area (Å²) < 4.78 is 29.5. The van der Waals surface area contributed by atoms with Crippen LogP contribution >= 0.6 is 11.6 Å². The first-order valence-electron chi connectivity index (χ1n) is 10.2. The lowest BCUT2D eigenvalue weighted by Gasteiger charge is -2.43. The molecule has 11 heteroatoms. The number of rotatable bonds is 6. The predicted molar refractivity (Wildman–Crippen MR) is 115 cm³/mol. The first kappa shape index (κ1) is 23.1. The topological polar surface area (TPSA) is 108 Å². The SMILES string of the molecule is C=CC(c1c(C)nn(C)c1Cl)S(=O)(=O)C(C1CCCCN1)N1CCN(C(=O)O)CC1. The van der Waals surface area contributed by atoms with Crippen molar-refractivity contribution < 1.29 is 18.3 Å². The number of hydrogen-bond donors (Lipinski definition) is 2. The Labute approximate surface area is 182 Å². The van der Waals surface area contributed by atoms with Crippen molar-refractivity contribution in [2.45, 2.75) is 42.9 Å². The molecular weight excluding hydrogens is 430 g/mol. The van der Waals surface area contributed by atoms with Crippen LogP contribution in [0.1, 0.15) is 35.8 Å². The molecule has 1 aromatic rings. The maximum atomic E-state index is 14.0. The van der Waals surface area contributed by atoms with E-state index in [1.807, 2.05) is 4.90 Å². The maximum Gasteiger partial charge on any atom is 0.407 e. The average Bonchev–Trinajstić information content (AvgIpc) is 2.96. The zero-order valence-electron chi connectivity index (χ0n) is 17.4. The molecule has 3 unspecified atom stereocenters. The molecule has 30 heavy (non-hydrogen) atoms. The Morgan fingerprint density at radius 2 is 2.00 bits per heavy atom. The molecule has 0 aliphatic carbocycles. The Kier molecular flexibility index (Phi) is 7.11. The summed E-state index contributed by atoms with van der Waals surface area (Å²) in [6.07, 6.45) is 3.14. The van der Waals surface area contributed by atoms with Crippen LogP contribution in [0.3, 0.4) is 0 Å². The summed E-state index contributed by atoms with van der Waals surface area (Å²) in [7, 11) is -2.12. The molecule has 3 atom stereocenters. The molecule has 0 saturated carbocycles. The van der Waals surface area contributed by atoms with Crippen LogP contribution in [-0.4, -0.2) is 83.3 Å². The van der Waals surface area contributed by atoms with E-state index in [1.54, 1.807) is 14.0 Å². The predicted octanol–water partition coefficient (Wildman–Crippen LogP) is 1.79. The average molecular weight is 460 g/mol. The summed E-state index contributed by atoms with van der Waals surface area (Å²) >= 11 is 6.41. The summed E-state index contributed by atoms with van der Waals surface area (Å²) in [5.74, 6) is 0. The van der Waals surface area contributed by atoms with Crippen LogP contribution in [0.4, 0.5) is 4.79 Å². The molecule has 2 aliphatic rings. The van der Waals surface area contributed by atoms with E-state index in [4.69, 9.17) is 11.6 Å². The van der Waals surface area contributed by atoms with E-state index >= 15 is 0 Å². The number of nitrogens with one attached hydrogen (secondary N) is 1. The Hall–Kier alpha value is -1.62. The van der Waals surface area contributed by atoms with Crippen LogP contribution in [0, 0.1) is 6.92 Å². The minimum Gasteiger partial charge on any atom is -0.465 e. The highest BCUT2D eigenvalue weighted by molar-refractivity contribution is 7.92. The van der Waals surface area contributed by atoms with Crippen LogP contribution in [0.5, 0.6) is 0 Å². The van der Waals surface area contributed by atoms with Gasteiger partial charge in [-0.15, -0.1) is 6.58 Å². The van der Waals surface area contributed by atoms with Crippen molar-refractivity contribution in [1.29, 1.82) is 0 Å². The second-order valence-electron chi connectivity index (χ2n) is 7.91. The van der Waals surface area contributed by atoms with Gasteiger partial charge in [0.25, 0.3) is 0 Å². The molecule has 2 saturated heterocycles. The fraction of sp³-hybridized carbons (Fsp3) is 0.684. The van der Waals surface area contributed by atoms with Gasteiger partial charge in [-0.05, 0) is 26.3 Å². The van der Waals surface area contributed by atoms with Gasteiger partial charge in [-0.2, -0.15) is 5.10 Å². The number of hydrogen-bond acceptors (Lipinski definition) is 6. The second-order valence-corrected chi connectivity index (χ2v) is 10.4. The third-order valence-electron chi connectivity index (χ3n) is 6.02. The molecular formula is C19H30ClN5O4S. The molecule has 1 amide bonds. The molecule has 2 aliphatic heterocycles. The highest BCUT2D eigenvalue weighted by Crippen LogP contribution is 2.37. The van der Waals surface area contributed by atoms with Crippen molar-refractivity contribution in [2.24, 2.45) is 7.05 Å². The Bertz CT molecular complexity index is 889. The summed E-state index contributed by atoms with van der Waals surface area (Å²) in [5, 5.41) is 15.4. The minimum absolute atomic E-state index is 0.238. The van der Waals surface area contributed by atoms with Gasteiger partial charge in [0.1, 0.15) is 15.8 Å². The Morgan fingerprint density at radius 1 is 1.33 bits per heavy atom. The number of sulfone groups is 1. The Morgan fingerprint density at radius 3 is 2.47 bits per heavy atom. The largest absolute Gasteiger partial charge is 0.465 e. The lowest BCUT2D eigenvalue weighted by molar-refractivity contribution is 0.0898. The number of carbonyl (C=O) groups is 1. The van der Waals surface area contributed by atoms with Crippen molar-refractivity contribution in [3.8, 4) is 0 Å². The van der Waals surface area contributed by atoms with Gasteiger partial charge in [0, 0.05) is 44.8 Å². The molecule has 1 aromatic heterocycles. The summed E-state index contributed by atoms with van der Waals surface area (Å²) in [6, 6.07) is -0.238. The number of piperidine rings is 1. The monoisotopic (exact) mass is 459 g/mol. The number of carboxylic acid groups (broad SMARTS) is 1. The van der Waals surface area contributed by atoms with Crippen molar-refractivity contribution >= 4 is 27.5 Å². The lowest BCUT2D eigenvalue weighted by atomic mass is 10.0. The number of amides is 1. The van der Waals surface area contributed by atoms with Crippen LogP contribution in [0.2, 0.25) is 5.15 Å². The number of aryl methyl sites for hydroxylation is 2. The molecule has 9 nitrogen and oxygen atoms in total. The molecule has 2 fully saturated rings. The first-order valence-corrected chi connectivity index (χ1v) is 12.2. The van der Waals surface area contributed by atoms with E-state index < -0.39 is 26.6 Å². The Balaban J connectivity index is 1.98. The summed E-state index contributed by atoms with van der Waals surface area (Å²) in [5.41, 5.74) is 1.01. The number of nitrogens with zero attached hydrogens (tertiary/aromatic N) is 4. The van der Waals surface area contributed by atoms with Crippen LogP contribution < -0.4 is 5.32 Å². The molecule has 3 heterocycles. The number of aromatic nitrogens is 2. The van der Waals surface area contributed by atoms with Crippen LogP contribution in [0.25, 0.3) is 0 Å². The van der Waals surface area contributed by atoms with Gasteiger partial charge in [-0.25, -0.2) is 13.2 Å². The van der Waals surface area contributed by atoms with Crippen molar-refractivity contribution in [3.05, 3.63) is 29.1 Å². The molecule has 0 spiro atoms. The van der Waals surface area contributed by atoms with E-state index in [0.717, 1.165) is 25.8 Å². The molecule has 0 radical (unpaired) electrons. The minimum atomic E-state index is -3.79. The zero-order chi connectivity index (χ0) is 22.1. The summed E-state index contributed by atoms with van der Waals surface area (Å²) in [4.78, 5) is 14.5. The quantitative estimate of drug-likeness (QED) is 0.624. The summed E-state index contributed by atoms with van der Waals surface area (Å²) in [6.45, 7) is 7.58. The number of piperazine rings is 1. The molecule has 0 bridgehead atoms. The van der Waals surface area contributed by atoms with Crippen molar-refractivity contribution in [3.63, 3.8) is 0 Å². The van der Waals surface area contributed by atoms with E-state index in [2.05, 4.69) is 17.0 Å². The van der Waals surface area contributed by atoms with Gasteiger partial charge < -0.3 is 15.3 Å². The molecule has 0 aromatic carbocycles. The van der Waals surface area contributed by atoms with Crippen LogP contribution in [-0.2, 0) is 16.9 Å². The molecule has 3 rings (SSSR count). The standard InChI is InChI=1S/C19H30ClN5O4S/c1-4-15(16-13(2)22-23(3)17(16)20)30(28,29)18(14-7-5-6-8-21-14)24-9-11-25(12-10-24)19(26)27/h4,14-15,18,21H,1,5-12H2,2-3H3,(H,26,27). The molecule has 168 valence electrons. The van der Waals surface area contributed by atoms with Gasteiger partial charge >= 0.3 is 6.09 Å². The van der Waals surface area contributed by atoms with E-state index in [1.165, 1.54) is 15.7 Å². The normalized spacial score (nSPS) is 23.2. The van der Waals surface area contributed by atoms with Crippen LogP contribution in [0.15, 0.2) is 12.7 Å². The third-order valence-corrected chi connectivity index (χ3v) is 8.91. The zero-order valence-corrected chi connectivity index (χ0v) is 19.0. The van der Waals surface area contributed by atoms with E-state index in [9.17, 15) is 18.3 Å². The van der Waals surface area contributed by atoms with E-state index in [0.29, 0.717) is 24.3 Å². The highest BCUT2D eigenvalue weighted by atomic mass is 35.5. The smallest absolute Gasteiger partial charge is 0.407 e. The van der Waals surface area contributed by atoms with Gasteiger partial charge in [-0.1, -0.05) is 24.1 Å². The van der Waals surface area contributed by atoms with Gasteiger partial charge in [0.05, 0.1) is 5.69 Å². The maximum absolute atomic E-state index is 14.0. The lowest BCUT2D eigenvalue weighted by Crippen LogP contribution is -2.61. The number of halogens is 1. The van der Waals surface area contributed by atoms with Crippen molar-refractivity contribution in [2.75, 3.05) is 32.7 Å². The fourth-order valence-electron chi connectivity index (χ4n) is 4.52. The molecule has 2 N–H and O–H groups in total. The fourth-order valence-corrected chi connectivity index (χ4v) is 7.37. The third kappa shape index (κ3) is 4.37. The van der Waals surface area contributed by atoms with Gasteiger partial charge in [-0.3, -0.25) is 9.58 Å². The van der Waals surface area contributed by atoms with Crippen molar-refractivity contribution in [1.82, 2.24) is 24.9 Å². The van der Waals surface area contributed by atoms with Gasteiger partial charge in [0.2, 0.25) is 0 Å². The first-order chi connectivity index (χ1) is 14.2. The second kappa shape index (κ2) is 9.25. The van der Waals surface area contributed by atoms with E-state index in [-0.39, 0.29) is 24.3 Å². The highest BCUT2D eigenvalue weighted by Gasteiger charge is 2.45.